The number of nitro benzene ring substituents is 1. The Morgan fingerprint density at radius 2 is 2.19 bits per heavy atom. The number of nitro groups is 1. The lowest BCUT2D eigenvalue weighted by molar-refractivity contribution is -0.387. The number of halogens is 1. The summed E-state index contributed by atoms with van der Waals surface area (Å²) in [6.45, 7) is 5.29. The third kappa shape index (κ3) is 4.00. The SMILES string of the molecule is CCNC1CCC(C)CC1Cc1ccc([N+](=O)[O-])c(F)c1. The molecular weight excluding hydrogens is 271 g/mol. The molecule has 5 heteroatoms. The monoisotopic (exact) mass is 294 g/mol. The van der Waals surface area contributed by atoms with Gasteiger partial charge in [-0.25, -0.2) is 0 Å². The first-order valence-electron chi connectivity index (χ1n) is 7.67. The quantitative estimate of drug-likeness (QED) is 0.665. The molecule has 4 nitrogen and oxygen atoms in total. The molecule has 0 aromatic heterocycles. The lowest BCUT2D eigenvalue weighted by Gasteiger charge is -2.35. The second-order valence-electron chi connectivity index (χ2n) is 6.09. The van der Waals surface area contributed by atoms with Crippen LogP contribution in [0.5, 0.6) is 0 Å². The lowest BCUT2D eigenvalue weighted by Crippen LogP contribution is -2.41. The maximum atomic E-state index is 13.7. The summed E-state index contributed by atoms with van der Waals surface area (Å²) in [7, 11) is 0. The molecule has 0 amide bonds. The van der Waals surface area contributed by atoms with E-state index in [4.69, 9.17) is 0 Å². The molecular formula is C16H23FN2O2. The van der Waals surface area contributed by atoms with Crippen molar-refractivity contribution in [2.75, 3.05) is 6.54 Å². The molecule has 1 aliphatic carbocycles. The zero-order valence-corrected chi connectivity index (χ0v) is 12.6. The maximum absolute atomic E-state index is 13.7. The van der Waals surface area contributed by atoms with Crippen LogP contribution in [0.1, 0.15) is 38.7 Å². The van der Waals surface area contributed by atoms with Crippen molar-refractivity contribution in [3.63, 3.8) is 0 Å². The summed E-state index contributed by atoms with van der Waals surface area (Å²) in [5, 5.41) is 14.2. The van der Waals surface area contributed by atoms with Gasteiger partial charge < -0.3 is 5.32 Å². The molecule has 0 bridgehead atoms. The molecule has 0 spiro atoms. The van der Waals surface area contributed by atoms with Crippen molar-refractivity contribution in [2.45, 2.75) is 45.6 Å². The van der Waals surface area contributed by atoms with Crippen molar-refractivity contribution in [3.05, 3.63) is 39.7 Å². The molecule has 1 saturated carbocycles. The van der Waals surface area contributed by atoms with Crippen molar-refractivity contribution >= 4 is 5.69 Å². The first kappa shape index (κ1) is 15.9. The van der Waals surface area contributed by atoms with E-state index in [2.05, 4.69) is 19.2 Å². The molecule has 1 aliphatic rings. The second kappa shape index (κ2) is 6.98. The highest BCUT2D eigenvalue weighted by Crippen LogP contribution is 2.32. The van der Waals surface area contributed by atoms with Crippen LogP contribution in [0.25, 0.3) is 0 Å². The number of rotatable bonds is 5. The van der Waals surface area contributed by atoms with Crippen molar-refractivity contribution in [1.82, 2.24) is 5.32 Å². The Morgan fingerprint density at radius 1 is 1.43 bits per heavy atom. The van der Waals surface area contributed by atoms with Gasteiger partial charge in [-0.15, -0.1) is 0 Å². The van der Waals surface area contributed by atoms with Crippen LogP contribution in [0.15, 0.2) is 18.2 Å². The highest BCUT2D eigenvalue weighted by Gasteiger charge is 2.28. The summed E-state index contributed by atoms with van der Waals surface area (Å²) in [5.74, 6) is 0.420. The minimum Gasteiger partial charge on any atom is -0.314 e. The molecule has 1 aromatic rings. The fourth-order valence-corrected chi connectivity index (χ4v) is 3.38. The van der Waals surface area contributed by atoms with Crippen LogP contribution < -0.4 is 5.32 Å². The molecule has 1 aromatic carbocycles. The van der Waals surface area contributed by atoms with Crippen LogP contribution in [-0.2, 0) is 6.42 Å². The number of nitrogens with zero attached hydrogens (tertiary/aromatic N) is 1. The zero-order valence-electron chi connectivity index (χ0n) is 12.6. The van der Waals surface area contributed by atoms with Gasteiger partial charge in [-0.1, -0.05) is 19.9 Å². The molecule has 116 valence electrons. The van der Waals surface area contributed by atoms with Gasteiger partial charge in [0.25, 0.3) is 0 Å². The molecule has 3 atom stereocenters. The van der Waals surface area contributed by atoms with Crippen LogP contribution in [0.2, 0.25) is 0 Å². The highest BCUT2D eigenvalue weighted by atomic mass is 19.1. The maximum Gasteiger partial charge on any atom is 0.304 e. The van der Waals surface area contributed by atoms with Crippen LogP contribution >= 0.6 is 0 Å². The van der Waals surface area contributed by atoms with Gasteiger partial charge >= 0.3 is 5.69 Å². The number of nitrogens with one attached hydrogen (secondary N) is 1. The van der Waals surface area contributed by atoms with E-state index in [0.717, 1.165) is 31.4 Å². The van der Waals surface area contributed by atoms with Gasteiger partial charge in [-0.2, -0.15) is 4.39 Å². The van der Waals surface area contributed by atoms with E-state index in [1.807, 2.05) is 0 Å². The van der Waals surface area contributed by atoms with E-state index >= 15 is 0 Å². The summed E-state index contributed by atoms with van der Waals surface area (Å²) in [4.78, 5) is 9.98. The van der Waals surface area contributed by atoms with E-state index in [9.17, 15) is 14.5 Å². The van der Waals surface area contributed by atoms with Crippen LogP contribution in [-0.4, -0.2) is 17.5 Å². The fourth-order valence-electron chi connectivity index (χ4n) is 3.38. The summed E-state index contributed by atoms with van der Waals surface area (Å²) in [6, 6.07) is 4.74. The van der Waals surface area contributed by atoms with Crippen molar-refractivity contribution in [2.24, 2.45) is 11.8 Å². The Hall–Kier alpha value is -1.49. The van der Waals surface area contributed by atoms with E-state index in [1.165, 1.54) is 18.6 Å². The molecule has 1 fully saturated rings. The van der Waals surface area contributed by atoms with E-state index in [1.54, 1.807) is 6.07 Å². The smallest absolute Gasteiger partial charge is 0.304 e. The van der Waals surface area contributed by atoms with Crippen molar-refractivity contribution in [1.29, 1.82) is 0 Å². The molecule has 0 heterocycles. The largest absolute Gasteiger partial charge is 0.314 e. The molecule has 21 heavy (non-hydrogen) atoms. The van der Waals surface area contributed by atoms with Crippen molar-refractivity contribution in [3.8, 4) is 0 Å². The summed E-state index contributed by atoms with van der Waals surface area (Å²) >= 11 is 0. The highest BCUT2D eigenvalue weighted by molar-refractivity contribution is 5.35. The van der Waals surface area contributed by atoms with E-state index in [-0.39, 0.29) is 0 Å². The average Bonchev–Trinajstić information content (AvgIpc) is 2.41. The fraction of sp³-hybridized carbons (Fsp3) is 0.625. The minimum absolute atomic E-state index is 0.445. The number of hydrogen-bond acceptors (Lipinski definition) is 3. The van der Waals surface area contributed by atoms with E-state index in [0.29, 0.717) is 17.9 Å². The normalized spacial score (nSPS) is 25.8. The van der Waals surface area contributed by atoms with E-state index < -0.39 is 16.4 Å². The standard InChI is InChI=1S/C16H23FN2O2/c1-3-18-15-6-4-11(2)8-13(15)9-12-5-7-16(19(20)21)14(17)10-12/h5,7,10-11,13,15,18H,3-4,6,8-9H2,1-2H3. The molecule has 0 aliphatic heterocycles. The zero-order chi connectivity index (χ0) is 15.4. The van der Waals surface area contributed by atoms with Crippen LogP contribution in [0.4, 0.5) is 10.1 Å². The van der Waals surface area contributed by atoms with Gasteiger partial charge in [0.15, 0.2) is 0 Å². The Kier molecular flexibility index (Phi) is 5.28. The Balaban J connectivity index is 2.11. The Labute approximate surface area is 124 Å². The van der Waals surface area contributed by atoms with Crippen LogP contribution in [0, 0.1) is 27.8 Å². The Morgan fingerprint density at radius 3 is 2.81 bits per heavy atom. The minimum atomic E-state index is -0.735. The first-order valence-corrected chi connectivity index (χ1v) is 7.67. The van der Waals surface area contributed by atoms with Gasteiger partial charge in [0.2, 0.25) is 5.82 Å². The third-order valence-corrected chi connectivity index (χ3v) is 4.42. The third-order valence-electron chi connectivity index (χ3n) is 4.42. The summed E-state index contributed by atoms with van der Waals surface area (Å²) in [6.07, 6.45) is 4.27. The summed E-state index contributed by atoms with van der Waals surface area (Å²) < 4.78 is 13.7. The molecule has 3 unspecified atom stereocenters. The number of benzene rings is 1. The van der Waals surface area contributed by atoms with Gasteiger partial charge in [-0.3, -0.25) is 10.1 Å². The molecule has 2 rings (SSSR count). The summed E-state index contributed by atoms with van der Waals surface area (Å²) in [5.41, 5.74) is 0.402. The van der Waals surface area contributed by atoms with Crippen molar-refractivity contribution < 1.29 is 9.31 Å². The first-order chi connectivity index (χ1) is 10.0. The number of hydrogen-bond donors (Lipinski definition) is 1. The predicted octanol–water partition coefficient (Wildman–Crippen LogP) is 3.69. The molecule has 0 radical (unpaired) electrons. The average molecular weight is 294 g/mol. The van der Waals surface area contributed by atoms with Gasteiger partial charge in [-0.05, 0) is 55.7 Å². The lowest BCUT2D eigenvalue weighted by atomic mass is 9.76. The van der Waals surface area contributed by atoms with Gasteiger partial charge in [0.05, 0.1) is 4.92 Å². The molecule has 1 N–H and O–H groups in total. The second-order valence-corrected chi connectivity index (χ2v) is 6.09. The van der Waals surface area contributed by atoms with Gasteiger partial charge in [0.1, 0.15) is 0 Å². The molecule has 0 saturated heterocycles. The Bertz CT molecular complexity index is 507. The topological polar surface area (TPSA) is 55.2 Å². The van der Waals surface area contributed by atoms with Crippen LogP contribution in [0.3, 0.4) is 0 Å². The predicted molar refractivity (Wildman–Crippen MR) is 80.7 cm³/mol. The van der Waals surface area contributed by atoms with Gasteiger partial charge in [0, 0.05) is 12.1 Å².